The molecule has 3 aromatic carbocycles. The molecule has 1 fully saturated rings. The van der Waals surface area contributed by atoms with E-state index in [1.165, 1.54) is 0 Å². The maximum Gasteiger partial charge on any atom is 0.252 e. The van der Waals surface area contributed by atoms with Gasteiger partial charge in [-0.2, -0.15) is 0 Å². The van der Waals surface area contributed by atoms with E-state index < -0.39 is 18.2 Å². The maximum atomic E-state index is 13.1. The van der Waals surface area contributed by atoms with Crippen LogP contribution in [-0.4, -0.2) is 38.8 Å². The molecular formula is C26H24N4O3. The zero-order valence-electron chi connectivity index (χ0n) is 18.1. The van der Waals surface area contributed by atoms with Crippen molar-refractivity contribution < 1.29 is 14.6 Å². The highest BCUT2D eigenvalue weighted by Gasteiger charge is 2.37. The molecule has 7 rings (SSSR count). The Morgan fingerprint density at radius 1 is 1.09 bits per heavy atom. The molecule has 166 valence electrons. The number of nitrogens with zero attached hydrogens (tertiary/aromatic N) is 1. The van der Waals surface area contributed by atoms with E-state index in [0.29, 0.717) is 13.0 Å². The van der Waals surface area contributed by atoms with Crippen LogP contribution in [0.1, 0.15) is 35.5 Å². The Labute approximate surface area is 189 Å². The molecule has 0 spiro atoms. The standard InChI is InChI=1S/C26H24N4O3/c1-12-25(31)16(27)10-19(33-12)30-18-9-5-3-7-14(18)21-22-15(11-28-26(22)32)20-13-6-2-4-8-17(13)29-23(20)24(21)30/h2-9,12,16,19,25,29,31H,10-11,27H2,1H3,(H,28,32)/t12-,16-,19-,25-/m1/s1. The van der Waals surface area contributed by atoms with Gasteiger partial charge in [-0.05, 0) is 24.6 Å². The lowest BCUT2D eigenvalue weighted by atomic mass is 9.97. The molecule has 7 heteroatoms. The van der Waals surface area contributed by atoms with E-state index in [4.69, 9.17) is 10.5 Å². The number of H-pyrrole nitrogens is 1. The number of aliphatic hydroxyl groups excluding tert-OH is 1. The minimum absolute atomic E-state index is 0.0462. The molecule has 0 bridgehead atoms. The first-order valence-corrected chi connectivity index (χ1v) is 11.4. The molecule has 2 aromatic heterocycles. The minimum Gasteiger partial charge on any atom is -0.389 e. The lowest BCUT2D eigenvalue weighted by molar-refractivity contribution is -0.142. The highest BCUT2D eigenvalue weighted by molar-refractivity contribution is 6.30. The van der Waals surface area contributed by atoms with Crippen molar-refractivity contribution in [2.75, 3.05) is 0 Å². The molecule has 0 saturated carbocycles. The molecule has 1 saturated heterocycles. The Morgan fingerprint density at radius 2 is 1.85 bits per heavy atom. The number of fused-ring (bicyclic) bond motifs is 10. The van der Waals surface area contributed by atoms with Crippen molar-refractivity contribution in [3.05, 3.63) is 59.7 Å². The van der Waals surface area contributed by atoms with Crippen LogP contribution < -0.4 is 11.1 Å². The van der Waals surface area contributed by atoms with Gasteiger partial charge in [0.25, 0.3) is 5.91 Å². The predicted octanol–water partition coefficient (Wildman–Crippen LogP) is 3.67. The van der Waals surface area contributed by atoms with Crippen molar-refractivity contribution in [1.29, 1.82) is 0 Å². The number of ether oxygens (including phenoxy) is 1. The van der Waals surface area contributed by atoms with Gasteiger partial charge in [-0.25, -0.2) is 0 Å². The minimum atomic E-state index is -0.711. The summed E-state index contributed by atoms with van der Waals surface area (Å²) in [6, 6.07) is 15.9. The number of aliphatic hydroxyl groups is 1. The third-order valence-corrected chi connectivity index (χ3v) is 7.41. The summed E-state index contributed by atoms with van der Waals surface area (Å²) in [6.45, 7) is 2.37. The third kappa shape index (κ3) is 2.41. The molecule has 7 nitrogen and oxygen atoms in total. The number of nitrogens with two attached hydrogens (primary N) is 1. The molecule has 2 aliphatic heterocycles. The smallest absolute Gasteiger partial charge is 0.252 e. The van der Waals surface area contributed by atoms with Crippen molar-refractivity contribution in [3.63, 3.8) is 0 Å². The van der Waals surface area contributed by atoms with Gasteiger partial charge >= 0.3 is 0 Å². The summed E-state index contributed by atoms with van der Waals surface area (Å²) in [5.41, 5.74) is 12.1. The molecule has 4 heterocycles. The van der Waals surface area contributed by atoms with E-state index in [0.717, 1.165) is 54.7 Å². The van der Waals surface area contributed by atoms with Gasteiger partial charge in [-0.3, -0.25) is 4.79 Å². The van der Waals surface area contributed by atoms with Crippen molar-refractivity contribution in [1.82, 2.24) is 14.9 Å². The number of rotatable bonds is 1. The maximum absolute atomic E-state index is 13.1. The summed E-state index contributed by atoms with van der Waals surface area (Å²) in [4.78, 5) is 16.8. The quantitative estimate of drug-likeness (QED) is 0.319. The lowest BCUT2D eigenvalue weighted by Gasteiger charge is -2.37. The number of para-hydroxylation sites is 2. The number of amides is 1. The number of hydrogen-bond donors (Lipinski definition) is 4. The van der Waals surface area contributed by atoms with Gasteiger partial charge in [0.1, 0.15) is 6.23 Å². The third-order valence-electron chi connectivity index (χ3n) is 7.41. The Hall–Kier alpha value is -3.39. The van der Waals surface area contributed by atoms with E-state index in [2.05, 4.69) is 39.1 Å². The van der Waals surface area contributed by atoms with Gasteiger partial charge in [0.2, 0.25) is 0 Å². The summed E-state index contributed by atoms with van der Waals surface area (Å²) in [7, 11) is 0. The zero-order valence-corrected chi connectivity index (χ0v) is 18.1. The van der Waals surface area contributed by atoms with Crippen LogP contribution in [0, 0.1) is 0 Å². The fraction of sp³-hybridized carbons (Fsp3) is 0.269. The van der Waals surface area contributed by atoms with Crippen molar-refractivity contribution in [3.8, 4) is 0 Å². The highest BCUT2D eigenvalue weighted by Crippen LogP contribution is 2.45. The SMILES string of the molecule is C[C@H]1O[C@@H](n2c3ccccc3c3c4c(c5c6ccccc6[nH]c5c32)CNC4=O)C[C@@H](N)[C@@H]1O. The van der Waals surface area contributed by atoms with Gasteiger partial charge in [0.15, 0.2) is 0 Å². The Kier molecular flexibility index (Phi) is 3.81. The molecule has 4 atom stereocenters. The van der Waals surface area contributed by atoms with E-state index in [1.807, 2.05) is 31.2 Å². The molecule has 33 heavy (non-hydrogen) atoms. The largest absolute Gasteiger partial charge is 0.389 e. The van der Waals surface area contributed by atoms with Gasteiger partial charge in [-0.1, -0.05) is 36.4 Å². The number of benzene rings is 3. The average molecular weight is 441 g/mol. The molecule has 2 aliphatic rings. The van der Waals surface area contributed by atoms with Gasteiger partial charge in [0, 0.05) is 46.1 Å². The van der Waals surface area contributed by atoms with Crippen LogP contribution in [0.5, 0.6) is 0 Å². The Bertz CT molecular complexity index is 1600. The van der Waals surface area contributed by atoms with E-state index in [1.54, 1.807) is 0 Å². The molecule has 5 aromatic rings. The van der Waals surface area contributed by atoms with Crippen molar-refractivity contribution in [2.45, 2.75) is 44.4 Å². The average Bonchev–Trinajstić information content (AvgIpc) is 3.48. The molecule has 0 radical (unpaired) electrons. The van der Waals surface area contributed by atoms with Crippen LogP contribution in [0.25, 0.3) is 43.6 Å². The van der Waals surface area contributed by atoms with Crippen molar-refractivity contribution in [2.24, 2.45) is 5.73 Å². The first kappa shape index (κ1) is 19.1. The summed E-state index contributed by atoms with van der Waals surface area (Å²) >= 11 is 0. The second kappa shape index (κ2) is 6.57. The topological polar surface area (TPSA) is 105 Å². The Morgan fingerprint density at radius 3 is 2.67 bits per heavy atom. The molecule has 0 unspecified atom stereocenters. The summed E-state index contributed by atoms with van der Waals surface area (Å²) in [6.07, 6.45) is -0.995. The summed E-state index contributed by atoms with van der Waals surface area (Å²) in [5.74, 6) is -0.0462. The summed E-state index contributed by atoms with van der Waals surface area (Å²) < 4.78 is 8.49. The van der Waals surface area contributed by atoms with Gasteiger partial charge in [-0.15, -0.1) is 0 Å². The zero-order chi connectivity index (χ0) is 22.4. The van der Waals surface area contributed by atoms with E-state index >= 15 is 0 Å². The fourth-order valence-corrected chi connectivity index (χ4v) is 5.92. The van der Waals surface area contributed by atoms with Crippen LogP contribution in [0.3, 0.4) is 0 Å². The first-order chi connectivity index (χ1) is 16.0. The molecule has 5 N–H and O–H groups in total. The molecule has 1 amide bonds. The monoisotopic (exact) mass is 440 g/mol. The van der Waals surface area contributed by atoms with Crippen LogP contribution in [0.2, 0.25) is 0 Å². The number of aromatic amines is 1. The number of carbonyl (C=O) groups excluding carboxylic acids is 1. The van der Waals surface area contributed by atoms with Gasteiger partial charge in [0.05, 0.1) is 34.3 Å². The first-order valence-electron chi connectivity index (χ1n) is 11.4. The number of carbonyl (C=O) groups is 1. The second-order valence-electron chi connectivity index (χ2n) is 9.25. The molecule has 0 aliphatic carbocycles. The number of aromatic nitrogens is 2. The van der Waals surface area contributed by atoms with Crippen LogP contribution in [-0.2, 0) is 11.3 Å². The fourth-order valence-electron chi connectivity index (χ4n) is 5.92. The summed E-state index contributed by atoms with van der Waals surface area (Å²) in [5, 5.41) is 17.6. The van der Waals surface area contributed by atoms with Crippen LogP contribution in [0.15, 0.2) is 48.5 Å². The van der Waals surface area contributed by atoms with E-state index in [-0.39, 0.29) is 12.1 Å². The second-order valence-corrected chi connectivity index (χ2v) is 9.25. The van der Waals surface area contributed by atoms with Crippen molar-refractivity contribution >= 4 is 49.5 Å². The van der Waals surface area contributed by atoms with Gasteiger partial charge < -0.3 is 30.4 Å². The van der Waals surface area contributed by atoms with Crippen LogP contribution in [0.4, 0.5) is 0 Å². The van der Waals surface area contributed by atoms with E-state index in [9.17, 15) is 9.90 Å². The lowest BCUT2D eigenvalue weighted by Crippen LogP contribution is -2.49. The molecular weight excluding hydrogens is 416 g/mol. The number of nitrogens with one attached hydrogen (secondary N) is 2. The highest BCUT2D eigenvalue weighted by atomic mass is 16.5. The number of hydrogen-bond acceptors (Lipinski definition) is 4. The normalized spacial score (nSPS) is 25.4. The van der Waals surface area contributed by atoms with Crippen LogP contribution >= 0.6 is 0 Å². The predicted molar refractivity (Wildman–Crippen MR) is 128 cm³/mol. The Balaban J connectivity index is 1.69.